The summed E-state index contributed by atoms with van der Waals surface area (Å²) in [5.41, 5.74) is 1.01. The van der Waals surface area contributed by atoms with Crippen molar-refractivity contribution >= 4 is 0 Å². The predicted molar refractivity (Wildman–Crippen MR) is 80.7 cm³/mol. The first-order valence-electron chi connectivity index (χ1n) is 7.82. The largest absolute Gasteiger partial charge is 0.490 e. The molecule has 2 rings (SSSR count). The zero-order valence-electron chi connectivity index (χ0n) is 12.8. The van der Waals surface area contributed by atoms with Crippen LogP contribution in [0.1, 0.15) is 45.6 Å². The molecular weight excluding hydrogens is 253 g/mol. The molecule has 0 aliphatic carbocycles. The lowest BCUT2D eigenvalue weighted by atomic mass is 9.92. The van der Waals surface area contributed by atoms with E-state index in [0.717, 1.165) is 43.5 Å². The Kier molecular flexibility index (Phi) is 5.41. The second-order valence-electron chi connectivity index (χ2n) is 5.88. The van der Waals surface area contributed by atoms with E-state index in [0.29, 0.717) is 12.0 Å². The predicted octanol–water partition coefficient (Wildman–Crippen LogP) is 3.93. The van der Waals surface area contributed by atoms with Gasteiger partial charge in [-0.3, -0.25) is 0 Å². The van der Waals surface area contributed by atoms with Crippen LogP contribution in [0.4, 0.5) is 4.39 Å². The van der Waals surface area contributed by atoms with Crippen molar-refractivity contribution in [1.82, 2.24) is 5.32 Å². The number of ether oxygens (including phenoxy) is 1. The van der Waals surface area contributed by atoms with Gasteiger partial charge in [-0.05, 0) is 49.9 Å². The fourth-order valence-corrected chi connectivity index (χ4v) is 3.08. The third kappa shape index (κ3) is 3.72. The summed E-state index contributed by atoms with van der Waals surface area (Å²) in [5.74, 6) is 1.26. The molecule has 0 spiro atoms. The van der Waals surface area contributed by atoms with E-state index >= 15 is 0 Å². The quantitative estimate of drug-likeness (QED) is 0.816. The normalized spacial score (nSPS) is 20.3. The second-order valence-corrected chi connectivity index (χ2v) is 5.88. The molecule has 0 aromatic heterocycles. The first-order chi connectivity index (χ1) is 9.63. The summed E-state index contributed by atoms with van der Waals surface area (Å²) >= 11 is 0. The fourth-order valence-electron chi connectivity index (χ4n) is 3.08. The molecule has 0 saturated carbocycles. The van der Waals surface area contributed by atoms with Gasteiger partial charge in [-0.1, -0.05) is 20.8 Å². The molecule has 20 heavy (non-hydrogen) atoms. The summed E-state index contributed by atoms with van der Waals surface area (Å²) in [7, 11) is 0. The van der Waals surface area contributed by atoms with Gasteiger partial charge in [-0.2, -0.15) is 0 Å². The lowest BCUT2D eigenvalue weighted by Crippen LogP contribution is -2.37. The topological polar surface area (TPSA) is 21.3 Å². The molecule has 3 heteroatoms. The first kappa shape index (κ1) is 15.3. The van der Waals surface area contributed by atoms with Gasteiger partial charge in [0.1, 0.15) is 17.7 Å². The average Bonchev–Trinajstić information content (AvgIpc) is 2.80. The standard InChI is InChI=1S/C17H26FNO/c1-4-8-19-16(5-2)12(3)9-15-11-13-10-14(18)6-7-17(13)20-15/h6-7,10,12,15-16,19H,4-5,8-9,11H2,1-3H3. The van der Waals surface area contributed by atoms with Gasteiger partial charge in [0.25, 0.3) is 0 Å². The Bertz CT molecular complexity index is 435. The van der Waals surface area contributed by atoms with E-state index in [4.69, 9.17) is 4.74 Å². The number of nitrogens with one attached hydrogen (secondary N) is 1. The molecule has 1 aliphatic heterocycles. The van der Waals surface area contributed by atoms with Crippen LogP contribution in [-0.2, 0) is 6.42 Å². The Labute approximate surface area is 121 Å². The van der Waals surface area contributed by atoms with Gasteiger partial charge in [-0.25, -0.2) is 4.39 Å². The summed E-state index contributed by atoms with van der Waals surface area (Å²) in [5, 5.41) is 3.61. The molecule has 3 atom stereocenters. The third-order valence-electron chi connectivity index (χ3n) is 4.18. The molecule has 1 aliphatic rings. The molecule has 1 aromatic carbocycles. The van der Waals surface area contributed by atoms with Crippen molar-refractivity contribution in [3.8, 4) is 5.75 Å². The van der Waals surface area contributed by atoms with Gasteiger partial charge in [-0.15, -0.1) is 0 Å². The summed E-state index contributed by atoms with van der Waals surface area (Å²) in [6.07, 6.45) is 4.34. The van der Waals surface area contributed by atoms with Crippen molar-refractivity contribution in [3.63, 3.8) is 0 Å². The number of rotatable bonds is 7. The van der Waals surface area contributed by atoms with Crippen LogP contribution in [-0.4, -0.2) is 18.7 Å². The number of benzene rings is 1. The molecule has 0 bridgehead atoms. The van der Waals surface area contributed by atoms with Crippen LogP contribution in [0, 0.1) is 11.7 Å². The number of fused-ring (bicyclic) bond motifs is 1. The minimum atomic E-state index is -0.169. The van der Waals surface area contributed by atoms with E-state index in [1.807, 2.05) is 0 Å². The van der Waals surface area contributed by atoms with E-state index in [2.05, 4.69) is 26.1 Å². The van der Waals surface area contributed by atoms with Crippen molar-refractivity contribution in [2.75, 3.05) is 6.54 Å². The summed E-state index contributed by atoms with van der Waals surface area (Å²) in [6, 6.07) is 5.37. The maximum absolute atomic E-state index is 13.2. The van der Waals surface area contributed by atoms with Crippen LogP contribution in [0.5, 0.6) is 5.75 Å². The minimum Gasteiger partial charge on any atom is -0.490 e. The summed E-state index contributed by atoms with van der Waals surface area (Å²) in [6.45, 7) is 7.77. The summed E-state index contributed by atoms with van der Waals surface area (Å²) < 4.78 is 19.1. The fraction of sp³-hybridized carbons (Fsp3) is 0.647. The smallest absolute Gasteiger partial charge is 0.123 e. The van der Waals surface area contributed by atoms with Crippen LogP contribution in [0.25, 0.3) is 0 Å². The van der Waals surface area contributed by atoms with E-state index < -0.39 is 0 Å². The molecule has 0 saturated heterocycles. The SMILES string of the molecule is CCCNC(CC)C(C)CC1Cc2cc(F)ccc2O1. The van der Waals surface area contributed by atoms with E-state index in [9.17, 15) is 4.39 Å². The van der Waals surface area contributed by atoms with Crippen molar-refractivity contribution in [1.29, 1.82) is 0 Å². The Balaban J connectivity index is 1.88. The van der Waals surface area contributed by atoms with Crippen LogP contribution in [0.15, 0.2) is 18.2 Å². The average molecular weight is 279 g/mol. The molecule has 1 heterocycles. The number of halogens is 1. The molecule has 0 fully saturated rings. The van der Waals surface area contributed by atoms with E-state index in [-0.39, 0.29) is 11.9 Å². The van der Waals surface area contributed by atoms with Gasteiger partial charge < -0.3 is 10.1 Å². The molecule has 2 nitrogen and oxygen atoms in total. The highest BCUT2D eigenvalue weighted by Crippen LogP contribution is 2.32. The zero-order chi connectivity index (χ0) is 14.5. The Morgan fingerprint density at radius 3 is 2.90 bits per heavy atom. The Morgan fingerprint density at radius 2 is 2.20 bits per heavy atom. The lowest BCUT2D eigenvalue weighted by molar-refractivity contribution is 0.180. The molecular formula is C17H26FNO. The van der Waals surface area contributed by atoms with E-state index in [1.165, 1.54) is 6.07 Å². The van der Waals surface area contributed by atoms with Crippen molar-refractivity contribution in [2.45, 2.75) is 58.6 Å². The van der Waals surface area contributed by atoms with Gasteiger partial charge in [0.05, 0.1) is 0 Å². The molecule has 1 aromatic rings. The molecule has 3 unspecified atom stereocenters. The van der Waals surface area contributed by atoms with Crippen molar-refractivity contribution < 1.29 is 9.13 Å². The van der Waals surface area contributed by atoms with Crippen LogP contribution in [0.3, 0.4) is 0 Å². The third-order valence-corrected chi connectivity index (χ3v) is 4.18. The van der Waals surface area contributed by atoms with Gasteiger partial charge in [0, 0.05) is 18.0 Å². The van der Waals surface area contributed by atoms with Crippen LogP contribution in [0.2, 0.25) is 0 Å². The van der Waals surface area contributed by atoms with Crippen molar-refractivity contribution in [3.05, 3.63) is 29.6 Å². The van der Waals surface area contributed by atoms with Crippen molar-refractivity contribution in [2.24, 2.45) is 5.92 Å². The lowest BCUT2D eigenvalue weighted by Gasteiger charge is -2.26. The minimum absolute atomic E-state index is 0.169. The highest BCUT2D eigenvalue weighted by Gasteiger charge is 2.27. The molecule has 0 radical (unpaired) electrons. The molecule has 0 amide bonds. The van der Waals surface area contributed by atoms with Crippen LogP contribution >= 0.6 is 0 Å². The zero-order valence-corrected chi connectivity index (χ0v) is 12.8. The van der Waals surface area contributed by atoms with Crippen LogP contribution < -0.4 is 10.1 Å². The maximum atomic E-state index is 13.2. The first-order valence-corrected chi connectivity index (χ1v) is 7.82. The highest BCUT2D eigenvalue weighted by molar-refractivity contribution is 5.37. The Morgan fingerprint density at radius 1 is 1.40 bits per heavy atom. The summed E-state index contributed by atoms with van der Waals surface area (Å²) in [4.78, 5) is 0. The highest BCUT2D eigenvalue weighted by atomic mass is 19.1. The Hall–Kier alpha value is -1.09. The monoisotopic (exact) mass is 279 g/mol. The van der Waals surface area contributed by atoms with Gasteiger partial charge in [0.15, 0.2) is 0 Å². The number of hydrogen-bond donors (Lipinski definition) is 1. The maximum Gasteiger partial charge on any atom is 0.123 e. The van der Waals surface area contributed by atoms with Gasteiger partial charge in [0.2, 0.25) is 0 Å². The van der Waals surface area contributed by atoms with Gasteiger partial charge >= 0.3 is 0 Å². The number of hydrogen-bond acceptors (Lipinski definition) is 2. The van der Waals surface area contributed by atoms with E-state index in [1.54, 1.807) is 12.1 Å². The molecule has 1 N–H and O–H groups in total. The second kappa shape index (κ2) is 7.07. The molecule has 112 valence electrons.